The summed E-state index contributed by atoms with van der Waals surface area (Å²) in [5.74, 6) is -0.833. The molecule has 4 nitrogen and oxygen atoms in total. The van der Waals surface area contributed by atoms with Crippen LogP contribution in [0.4, 0.5) is 15.8 Å². The van der Waals surface area contributed by atoms with Crippen LogP contribution >= 0.6 is 11.6 Å². The van der Waals surface area contributed by atoms with Crippen molar-refractivity contribution in [3.63, 3.8) is 0 Å². The minimum absolute atomic E-state index is 0.158. The van der Waals surface area contributed by atoms with E-state index in [0.29, 0.717) is 0 Å². The average molecular weight is 329 g/mol. The second-order valence-electron chi connectivity index (χ2n) is 4.74. The van der Waals surface area contributed by atoms with E-state index in [4.69, 9.17) is 17.3 Å². The largest absolute Gasteiger partial charge is 0.399 e. The number of anilines is 2. The van der Waals surface area contributed by atoms with E-state index in [0.717, 1.165) is 11.6 Å². The number of nitrogen functional groups attached to an aromatic ring is 1. The van der Waals surface area contributed by atoms with Crippen LogP contribution in [0.5, 0.6) is 0 Å². The highest BCUT2D eigenvalue weighted by Crippen LogP contribution is 2.28. The van der Waals surface area contributed by atoms with Crippen LogP contribution in [-0.2, 0) is 10.0 Å². The maximum absolute atomic E-state index is 14.1. The molecule has 7 heteroatoms. The first kappa shape index (κ1) is 15.6. The summed E-state index contributed by atoms with van der Waals surface area (Å²) in [5.41, 5.74) is 6.93. The van der Waals surface area contributed by atoms with Gasteiger partial charge in [0.25, 0.3) is 10.0 Å². The van der Waals surface area contributed by atoms with Gasteiger partial charge in [-0.3, -0.25) is 4.72 Å². The lowest BCUT2D eigenvalue weighted by molar-refractivity contribution is 0.565. The third-order valence-electron chi connectivity index (χ3n) is 2.90. The second kappa shape index (κ2) is 5.54. The van der Waals surface area contributed by atoms with Gasteiger partial charge in [0.15, 0.2) is 0 Å². The third-order valence-corrected chi connectivity index (χ3v) is 4.59. The fraction of sp³-hybridized carbons (Fsp3) is 0.143. The molecule has 112 valence electrons. The Kier molecular flexibility index (Phi) is 4.11. The van der Waals surface area contributed by atoms with E-state index in [-0.39, 0.29) is 22.0 Å². The summed E-state index contributed by atoms with van der Waals surface area (Å²) >= 11 is 5.95. The molecule has 0 fully saturated rings. The van der Waals surface area contributed by atoms with Crippen molar-refractivity contribution in [1.29, 1.82) is 0 Å². The van der Waals surface area contributed by atoms with Crippen LogP contribution in [0.25, 0.3) is 0 Å². The molecular weight excluding hydrogens is 315 g/mol. The lowest BCUT2D eigenvalue weighted by atomic mass is 10.2. The zero-order valence-electron chi connectivity index (χ0n) is 11.4. The molecule has 0 bridgehead atoms. The smallest absolute Gasteiger partial charge is 0.264 e. The van der Waals surface area contributed by atoms with Gasteiger partial charge in [-0.15, -0.1) is 0 Å². The second-order valence-corrected chi connectivity index (χ2v) is 6.80. The van der Waals surface area contributed by atoms with Gasteiger partial charge in [-0.25, -0.2) is 12.8 Å². The van der Waals surface area contributed by atoms with Crippen molar-refractivity contribution >= 4 is 33.0 Å². The Hall–Kier alpha value is -1.79. The zero-order chi connectivity index (χ0) is 15.8. The summed E-state index contributed by atoms with van der Waals surface area (Å²) in [6.45, 7) is 3.24. The molecule has 2 aromatic carbocycles. The van der Waals surface area contributed by atoms with Crippen molar-refractivity contribution in [3.05, 3.63) is 52.3 Å². The number of rotatable bonds is 3. The topological polar surface area (TPSA) is 72.2 Å². The molecule has 21 heavy (non-hydrogen) atoms. The highest BCUT2D eigenvalue weighted by molar-refractivity contribution is 7.92. The molecule has 0 atom stereocenters. The van der Waals surface area contributed by atoms with Crippen molar-refractivity contribution in [2.45, 2.75) is 18.7 Å². The van der Waals surface area contributed by atoms with Crippen LogP contribution in [0.2, 0.25) is 5.02 Å². The summed E-state index contributed by atoms with van der Waals surface area (Å²) in [6.07, 6.45) is 0. The monoisotopic (exact) mass is 328 g/mol. The molecule has 0 aliphatic heterocycles. The van der Waals surface area contributed by atoms with Gasteiger partial charge < -0.3 is 5.73 Å². The Morgan fingerprint density at radius 2 is 1.86 bits per heavy atom. The Balaban J connectivity index is 2.51. The molecule has 0 aliphatic rings. The van der Waals surface area contributed by atoms with Crippen molar-refractivity contribution < 1.29 is 12.8 Å². The molecule has 0 amide bonds. The lowest BCUT2D eigenvalue weighted by Crippen LogP contribution is -2.16. The van der Waals surface area contributed by atoms with E-state index >= 15 is 0 Å². The quantitative estimate of drug-likeness (QED) is 0.847. The van der Waals surface area contributed by atoms with E-state index in [9.17, 15) is 12.8 Å². The van der Waals surface area contributed by atoms with E-state index in [1.807, 2.05) is 0 Å². The first-order valence-electron chi connectivity index (χ1n) is 6.05. The summed E-state index contributed by atoms with van der Waals surface area (Å²) in [4.78, 5) is -0.502. The molecule has 0 saturated carbocycles. The van der Waals surface area contributed by atoms with Gasteiger partial charge in [0.2, 0.25) is 0 Å². The molecule has 3 N–H and O–H groups in total. The van der Waals surface area contributed by atoms with Crippen molar-refractivity contribution in [2.75, 3.05) is 10.5 Å². The van der Waals surface area contributed by atoms with Gasteiger partial charge in [-0.2, -0.15) is 0 Å². The number of sulfonamides is 1. The predicted octanol–water partition coefficient (Wildman–Crippen LogP) is 3.48. The van der Waals surface area contributed by atoms with E-state index in [1.54, 1.807) is 25.1 Å². The number of nitrogens with one attached hydrogen (secondary N) is 1. The zero-order valence-corrected chi connectivity index (χ0v) is 13.0. The van der Waals surface area contributed by atoms with Gasteiger partial charge in [-0.05, 0) is 49.2 Å². The minimum Gasteiger partial charge on any atom is -0.399 e. The molecule has 2 rings (SSSR count). The molecule has 0 heterocycles. The maximum Gasteiger partial charge on any atom is 0.264 e. The first-order valence-corrected chi connectivity index (χ1v) is 7.91. The maximum atomic E-state index is 14.1. The van der Waals surface area contributed by atoms with Crippen molar-refractivity contribution in [3.8, 4) is 0 Å². The molecule has 0 unspecified atom stereocenters. The van der Waals surface area contributed by atoms with Gasteiger partial charge in [0.1, 0.15) is 10.7 Å². The predicted molar refractivity (Wildman–Crippen MR) is 82.5 cm³/mol. The van der Waals surface area contributed by atoms with Gasteiger partial charge >= 0.3 is 0 Å². The van der Waals surface area contributed by atoms with Gasteiger partial charge in [-0.1, -0.05) is 17.7 Å². The SMILES string of the molecule is Cc1ccc(Cl)c(NS(=O)(=O)c2cc(N)cc(C)c2F)c1. The molecule has 0 aromatic heterocycles. The highest BCUT2D eigenvalue weighted by atomic mass is 35.5. The number of halogens is 2. The Morgan fingerprint density at radius 3 is 2.52 bits per heavy atom. The van der Waals surface area contributed by atoms with Crippen LogP contribution in [-0.4, -0.2) is 8.42 Å². The van der Waals surface area contributed by atoms with E-state index in [1.165, 1.54) is 13.0 Å². The molecule has 0 aliphatic carbocycles. The standard InChI is InChI=1S/C14H14ClFN2O2S/c1-8-3-4-11(15)12(5-8)18-21(19,20)13-7-10(17)6-9(2)14(13)16/h3-7,18H,17H2,1-2H3. The van der Waals surface area contributed by atoms with Crippen molar-refractivity contribution in [1.82, 2.24) is 0 Å². The van der Waals surface area contributed by atoms with Crippen LogP contribution in [0.15, 0.2) is 35.2 Å². The van der Waals surface area contributed by atoms with E-state index in [2.05, 4.69) is 4.72 Å². The molecular formula is C14H14ClFN2O2S. The Bertz CT molecular complexity index is 807. The van der Waals surface area contributed by atoms with Gasteiger partial charge in [0, 0.05) is 5.69 Å². The third kappa shape index (κ3) is 3.28. The Labute approximate surface area is 127 Å². The molecule has 0 spiro atoms. The van der Waals surface area contributed by atoms with Crippen LogP contribution in [0, 0.1) is 19.7 Å². The molecule has 0 saturated heterocycles. The average Bonchev–Trinajstić information content (AvgIpc) is 2.37. The molecule has 2 aromatic rings. The minimum atomic E-state index is -4.12. The lowest BCUT2D eigenvalue weighted by Gasteiger charge is -2.12. The number of hydrogen-bond acceptors (Lipinski definition) is 3. The number of benzene rings is 2. The van der Waals surface area contributed by atoms with Crippen LogP contribution < -0.4 is 10.5 Å². The number of aryl methyl sites for hydroxylation is 2. The fourth-order valence-electron chi connectivity index (χ4n) is 1.88. The number of hydrogen-bond donors (Lipinski definition) is 2. The molecule has 0 radical (unpaired) electrons. The summed E-state index contributed by atoms with van der Waals surface area (Å²) in [6, 6.07) is 7.32. The van der Waals surface area contributed by atoms with Gasteiger partial charge in [0.05, 0.1) is 10.7 Å². The summed E-state index contributed by atoms with van der Waals surface area (Å²) < 4.78 is 41.0. The fourth-order valence-corrected chi connectivity index (χ4v) is 3.35. The van der Waals surface area contributed by atoms with Crippen molar-refractivity contribution in [2.24, 2.45) is 0 Å². The normalized spacial score (nSPS) is 11.4. The van der Waals surface area contributed by atoms with Crippen LogP contribution in [0.3, 0.4) is 0 Å². The van der Waals surface area contributed by atoms with E-state index < -0.39 is 20.7 Å². The highest BCUT2D eigenvalue weighted by Gasteiger charge is 2.22. The first-order chi connectivity index (χ1) is 9.70. The Morgan fingerprint density at radius 1 is 1.19 bits per heavy atom. The summed E-state index contributed by atoms with van der Waals surface area (Å²) in [7, 11) is -4.12. The number of nitrogens with two attached hydrogens (primary N) is 1. The van der Waals surface area contributed by atoms with Crippen LogP contribution in [0.1, 0.15) is 11.1 Å². The summed E-state index contributed by atoms with van der Waals surface area (Å²) in [5, 5.41) is 0.227.